The SMILES string of the molecule is COc1c(OCCCCCCCCOC(C)=O)ccc2c1CN1C(=N2)NC(=O)C1CO. The number of carbonyl (C=O) groups is 2. The second-order valence-corrected chi connectivity index (χ2v) is 7.66. The number of guanidine groups is 1. The van der Waals surface area contributed by atoms with Gasteiger partial charge in [-0.15, -0.1) is 0 Å². The molecule has 31 heavy (non-hydrogen) atoms. The van der Waals surface area contributed by atoms with Crippen LogP contribution in [0, 0.1) is 0 Å². The average Bonchev–Trinajstić information content (AvgIpc) is 3.06. The third-order valence-electron chi connectivity index (χ3n) is 5.42. The normalized spacial score (nSPS) is 16.9. The van der Waals surface area contributed by atoms with Crippen molar-refractivity contribution < 1.29 is 28.9 Å². The number of esters is 1. The molecule has 2 N–H and O–H groups in total. The van der Waals surface area contributed by atoms with E-state index in [0.29, 0.717) is 37.2 Å². The van der Waals surface area contributed by atoms with Gasteiger partial charge in [0.25, 0.3) is 5.91 Å². The molecule has 0 spiro atoms. The molecule has 0 bridgehead atoms. The fraction of sp³-hybridized carbons (Fsp3) is 0.591. The molecule has 1 amide bonds. The highest BCUT2D eigenvalue weighted by molar-refractivity contribution is 6.08. The summed E-state index contributed by atoms with van der Waals surface area (Å²) in [6, 6.07) is 3.06. The van der Waals surface area contributed by atoms with Crippen LogP contribution < -0.4 is 14.8 Å². The number of nitrogens with one attached hydrogen (secondary N) is 1. The highest BCUT2D eigenvalue weighted by Crippen LogP contribution is 2.41. The monoisotopic (exact) mass is 433 g/mol. The maximum Gasteiger partial charge on any atom is 0.302 e. The number of hydrogen-bond acceptors (Lipinski definition) is 8. The van der Waals surface area contributed by atoms with E-state index in [1.165, 1.54) is 6.92 Å². The lowest BCUT2D eigenvalue weighted by molar-refractivity contribution is -0.141. The molecule has 1 unspecified atom stereocenters. The van der Waals surface area contributed by atoms with Crippen molar-refractivity contribution >= 4 is 23.5 Å². The molecular formula is C22H31N3O6. The van der Waals surface area contributed by atoms with E-state index in [4.69, 9.17) is 14.2 Å². The molecule has 2 aliphatic heterocycles. The minimum absolute atomic E-state index is 0.221. The number of aliphatic hydroxyl groups is 1. The van der Waals surface area contributed by atoms with Gasteiger partial charge in [0, 0.05) is 12.5 Å². The van der Waals surface area contributed by atoms with E-state index in [9.17, 15) is 14.7 Å². The van der Waals surface area contributed by atoms with Crippen molar-refractivity contribution in [1.82, 2.24) is 10.2 Å². The number of benzene rings is 1. The molecule has 1 aromatic rings. The molecular weight excluding hydrogens is 402 g/mol. The maximum atomic E-state index is 12.0. The number of ether oxygens (including phenoxy) is 3. The van der Waals surface area contributed by atoms with Crippen LogP contribution in [0.25, 0.3) is 0 Å². The molecule has 9 nitrogen and oxygen atoms in total. The summed E-state index contributed by atoms with van der Waals surface area (Å²) < 4.78 is 16.5. The Labute approximate surface area is 182 Å². The second-order valence-electron chi connectivity index (χ2n) is 7.66. The molecule has 0 aromatic heterocycles. The number of hydrogen-bond donors (Lipinski definition) is 2. The summed E-state index contributed by atoms with van der Waals surface area (Å²) in [7, 11) is 1.59. The van der Waals surface area contributed by atoms with Crippen molar-refractivity contribution in [2.24, 2.45) is 4.99 Å². The van der Waals surface area contributed by atoms with Crippen LogP contribution in [-0.2, 0) is 20.9 Å². The summed E-state index contributed by atoms with van der Waals surface area (Å²) >= 11 is 0. The van der Waals surface area contributed by atoms with Crippen molar-refractivity contribution in [2.75, 3.05) is 26.9 Å². The summed E-state index contributed by atoms with van der Waals surface area (Å²) in [5.41, 5.74) is 1.56. The van der Waals surface area contributed by atoms with E-state index >= 15 is 0 Å². The summed E-state index contributed by atoms with van der Waals surface area (Å²) in [5, 5.41) is 12.2. The minimum atomic E-state index is -0.643. The van der Waals surface area contributed by atoms with Crippen LogP contribution in [0.5, 0.6) is 11.5 Å². The Morgan fingerprint density at radius 3 is 2.58 bits per heavy atom. The fourth-order valence-corrected chi connectivity index (χ4v) is 3.80. The molecule has 0 aliphatic carbocycles. The standard InChI is InChI=1S/C22H31N3O6/c1-15(27)30-11-7-5-3-4-6-8-12-31-19-10-9-17-16(20(19)29-2)13-25-18(14-26)21(28)24-22(25)23-17/h9-10,18,26H,3-8,11-14H2,1-2H3,(H,23,24,28). The minimum Gasteiger partial charge on any atom is -0.492 e. The number of fused-ring (bicyclic) bond motifs is 2. The predicted molar refractivity (Wildman–Crippen MR) is 114 cm³/mol. The van der Waals surface area contributed by atoms with Crippen LogP contribution in [0.3, 0.4) is 0 Å². The number of carbonyl (C=O) groups excluding carboxylic acids is 2. The quantitative estimate of drug-likeness (QED) is 0.384. The molecule has 1 aromatic carbocycles. The third kappa shape index (κ3) is 5.66. The van der Waals surface area contributed by atoms with Gasteiger partial charge in [0.05, 0.1) is 39.2 Å². The highest BCUT2D eigenvalue weighted by Gasteiger charge is 2.39. The molecule has 3 rings (SSSR count). The zero-order valence-corrected chi connectivity index (χ0v) is 18.2. The number of unbranched alkanes of at least 4 members (excludes halogenated alkanes) is 5. The first-order valence-electron chi connectivity index (χ1n) is 10.8. The number of amides is 1. The predicted octanol–water partition coefficient (Wildman–Crippen LogP) is 2.27. The second kappa shape index (κ2) is 11.0. The molecule has 9 heteroatoms. The molecule has 0 saturated carbocycles. The van der Waals surface area contributed by atoms with Gasteiger partial charge in [-0.2, -0.15) is 0 Å². The Morgan fingerprint density at radius 1 is 1.19 bits per heavy atom. The van der Waals surface area contributed by atoms with Gasteiger partial charge in [-0.05, 0) is 25.0 Å². The van der Waals surface area contributed by atoms with E-state index in [0.717, 1.165) is 49.8 Å². The van der Waals surface area contributed by atoms with Crippen molar-refractivity contribution in [3.8, 4) is 11.5 Å². The number of aliphatic hydroxyl groups excluding tert-OH is 1. The highest BCUT2D eigenvalue weighted by atomic mass is 16.5. The molecule has 170 valence electrons. The van der Waals surface area contributed by atoms with Gasteiger partial charge < -0.3 is 24.2 Å². The number of nitrogens with zero attached hydrogens (tertiary/aromatic N) is 2. The van der Waals surface area contributed by atoms with Crippen LogP contribution in [0.4, 0.5) is 5.69 Å². The van der Waals surface area contributed by atoms with Crippen LogP contribution in [-0.4, -0.2) is 60.8 Å². The lowest BCUT2D eigenvalue weighted by Crippen LogP contribution is -2.39. The summed E-state index contributed by atoms with van der Waals surface area (Å²) in [6.07, 6.45) is 6.18. The Balaban J connectivity index is 1.47. The summed E-state index contributed by atoms with van der Waals surface area (Å²) in [6.45, 7) is 2.65. The Hall–Kier alpha value is -2.81. The first kappa shape index (κ1) is 22.9. The molecule has 1 fully saturated rings. The van der Waals surface area contributed by atoms with Crippen LogP contribution in [0.1, 0.15) is 51.0 Å². The van der Waals surface area contributed by atoms with Crippen molar-refractivity contribution in [1.29, 1.82) is 0 Å². The van der Waals surface area contributed by atoms with Crippen LogP contribution in [0.15, 0.2) is 17.1 Å². The van der Waals surface area contributed by atoms with E-state index < -0.39 is 6.04 Å². The van der Waals surface area contributed by atoms with Crippen molar-refractivity contribution in [2.45, 2.75) is 58.0 Å². The van der Waals surface area contributed by atoms with Gasteiger partial charge in [-0.25, -0.2) is 4.99 Å². The Kier molecular flexibility index (Phi) is 8.11. The maximum absolute atomic E-state index is 12.0. The fourth-order valence-electron chi connectivity index (χ4n) is 3.80. The summed E-state index contributed by atoms with van der Waals surface area (Å²) in [4.78, 5) is 29.0. The lowest BCUT2D eigenvalue weighted by Gasteiger charge is -2.28. The zero-order chi connectivity index (χ0) is 22.2. The van der Waals surface area contributed by atoms with Gasteiger partial charge >= 0.3 is 5.97 Å². The Morgan fingerprint density at radius 2 is 1.90 bits per heavy atom. The molecule has 0 radical (unpaired) electrons. The van der Waals surface area contributed by atoms with E-state index in [1.54, 1.807) is 12.0 Å². The third-order valence-corrected chi connectivity index (χ3v) is 5.42. The van der Waals surface area contributed by atoms with Gasteiger partial charge in [0.2, 0.25) is 5.96 Å². The van der Waals surface area contributed by atoms with E-state index in [1.807, 2.05) is 12.1 Å². The first-order chi connectivity index (χ1) is 15.0. The topological polar surface area (TPSA) is 110 Å². The molecule has 2 aliphatic rings. The van der Waals surface area contributed by atoms with E-state index in [2.05, 4.69) is 10.3 Å². The lowest BCUT2D eigenvalue weighted by atomic mass is 10.1. The van der Waals surface area contributed by atoms with Crippen molar-refractivity contribution in [3.63, 3.8) is 0 Å². The number of aliphatic imine (C=N–C) groups is 1. The van der Waals surface area contributed by atoms with Gasteiger partial charge in [0.15, 0.2) is 11.5 Å². The smallest absolute Gasteiger partial charge is 0.302 e. The van der Waals surface area contributed by atoms with E-state index in [-0.39, 0.29) is 18.5 Å². The van der Waals surface area contributed by atoms with Gasteiger partial charge in [0.1, 0.15) is 6.04 Å². The average molecular weight is 434 g/mol. The molecule has 1 saturated heterocycles. The van der Waals surface area contributed by atoms with Crippen LogP contribution in [0.2, 0.25) is 0 Å². The Bertz CT molecular complexity index is 826. The zero-order valence-electron chi connectivity index (χ0n) is 18.2. The molecule has 1 atom stereocenters. The van der Waals surface area contributed by atoms with Crippen molar-refractivity contribution in [3.05, 3.63) is 17.7 Å². The van der Waals surface area contributed by atoms with Crippen LogP contribution >= 0.6 is 0 Å². The first-order valence-corrected chi connectivity index (χ1v) is 10.8. The number of methoxy groups -OCH3 is 1. The largest absolute Gasteiger partial charge is 0.492 e. The summed E-state index contributed by atoms with van der Waals surface area (Å²) in [5.74, 6) is 1.25. The molecule has 2 heterocycles. The van der Waals surface area contributed by atoms with Gasteiger partial charge in [-0.1, -0.05) is 25.7 Å². The number of rotatable bonds is 12. The van der Waals surface area contributed by atoms with Gasteiger partial charge in [-0.3, -0.25) is 14.9 Å².